The maximum Gasteiger partial charge on any atom is 0.262 e. The lowest BCUT2D eigenvalue weighted by atomic mass is 9.99. The van der Waals surface area contributed by atoms with Gasteiger partial charge in [0.05, 0.1) is 35.9 Å². The van der Waals surface area contributed by atoms with Gasteiger partial charge in [-0.25, -0.2) is 8.42 Å². The number of para-hydroxylation sites is 1. The molecule has 3 atom stereocenters. The molecular formula is C27H37N3O6S. The van der Waals surface area contributed by atoms with E-state index in [0.29, 0.717) is 24.8 Å². The molecule has 0 saturated heterocycles. The van der Waals surface area contributed by atoms with Crippen LogP contribution in [0.25, 0.3) is 0 Å². The summed E-state index contributed by atoms with van der Waals surface area (Å²) in [6.45, 7) is 5.67. The third-order valence-corrected chi connectivity index (χ3v) is 8.45. The lowest BCUT2D eigenvalue weighted by molar-refractivity contribution is 0.0346. The fourth-order valence-corrected chi connectivity index (χ4v) is 5.69. The first kappa shape index (κ1) is 27.2. The number of fused-ring (bicyclic) bond motifs is 1. The molecule has 1 amide bonds. The second kappa shape index (κ2) is 11.3. The van der Waals surface area contributed by atoms with E-state index in [9.17, 15) is 18.3 Å². The number of likely N-dealkylation sites (N-methyl/N-ethyl adjacent to an activating group) is 1. The van der Waals surface area contributed by atoms with Crippen molar-refractivity contribution < 1.29 is 27.8 Å². The van der Waals surface area contributed by atoms with Crippen LogP contribution in [0.4, 0.5) is 5.69 Å². The van der Waals surface area contributed by atoms with Gasteiger partial charge in [-0.15, -0.1) is 0 Å². The van der Waals surface area contributed by atoms with Crippen LogP contribution in [0.3, 0.4) is 0 Å². The van der Waals surface area contributed by atoms with Crippen LogP contribution < -0.4 is 14.2 Å². The van der Waals surface area contributed by atoms with Gasteiger partial charge < -0.3 is 24.4 Å². The van der Waals surface area contributed by atoms with Gasteiger partial charge in [-0.1, -0.05) is 13.0 Å². The van der Waals surface area contributed by atoms with E-state index in [1.54, 1.807) is 42.2 Å². The summed E-state index contributed by atoms with van der Waals surface area (Å²) < 4.78 is 40.8. The molecule has 1 aliphatic carbocycles. The summed E-state index contributed by atoms with van der Waals surface area (Å²) in [5, 5.41) is 9.86. The summed E-state index contributed by atoms with van der Waals surface area (Å²) in [5.41, 5.74) is 0.458. The summed E-state index contributed by atoms with van der Waals surface area (Å²) in [5.74, 6) is 1.09. The standard InChI is InChI=1S/C27H37N3O6S/c1-18-14-30(19(2)17-31)27(32)23-6-5-7-24(26(23)36-25(18)16-29(3)15-20-8-9-20)28-37(33,34)22-12-10-21(35-4)11-13-22/h5-7,10-13,18-20,25,28,31H,8-9,14-17H2,1-4H3/t18-,19-,25+/m0/s1. The first-order valence-corrected chi connectivity index (χ1v) is 14.2. The van der Waals surface area contributed by atoms with E-state index in [2.05, 4.69) is 16.7 Å². The zero-order chi connectivity index (χ0) is 26.7. The van der Waals surface area contributed by atoms with Crippen LogP contribution in [0, 0.1) is 11.8 Å². The minimum Gasteiger partial charge on any atom is -0.497 e. The number of ether oxygens (including phenoxy) is 2. The molecule has 2 aromatic carbocycles. The third kappa shape index (κ3) is 6.37. The van der Waals surface area contributed by atoms with Crippen LogP contribution in [-0.2, 0) is 10.0 Å². The van der Waals surface area contributed by atoms with Crippen molar-refractivity contribution in [3.8, 4) is 11.5 Å². The van der Waals surface area contributed by atoms with Gasteiger partial charge in [0, 0.05) is 25.6 Å². The van der Waals surface area contributed by atoms with E-state index in [0.717, 1.165) is 6.54 Å². The van der Waals surface area contributed by atoms with Crippen molar-refractivity contribution in [2.45, 2.75) is 43.7 Å². The number of amides is 1. The molecule has 2 N–H and O–H groups in total. The van der Waals surface area contributed by atoms with Gasteiger partial charge in [-0.05, 0) is 69.1 Å². The van der Waals surface area contributed by atoms with E-state index in [1.807, 2.05) is 6.92 Å². The maximum atomic E-state index is 13.6. The number of nitrogens with zero attached hydrogens (tertiary/aromatic N) is 2. The van der Waals surface area contributed by atoms with Gasteiger partial charge in [0.25, 0.3) is 15.9 Å². The van der Waals surface area contributed by atoms with Crippen molar-refractivity contribution in [1.82, 2.24) is 9.80 Å². The first-order valence-electron chi connectivity index (χ1n) is 12.7. The highest BCUT2D eigenvalue weighted by Crippen LogP contribution is 2.36. The Morgan fingerprint density at radius 2 is 1.89 bits per heavy atom. The highest BCUT2D eigenvalue weighted by atomic mass is 32.2. The topological polar surface area (TPSA) is 108 Å². The Morgan fingerprint density at radius 1 is 1.19 bits per heavy atom. The SMILES string of the molecule is COc1ccc(S(=O)(=O)Nc2cccc3c2O[C@H](CN(C)CC2CC2)[C@@H](C)CN([C@@H](C)CO)C3=O)cc1. The zero-order valence-corrected chi connectivity index (χ0v) is 22.7. The van der Waals surface area contributed by atoms with Crippen molar-refractivity contribution in [3.05, 3.63) is 48.0 Å². The number of sulfonamides is 1. The summed E-state index contributed by atoms with van der Waals surface area (Å²) in [6.07, 6.45) is 2.18. The number of anilines is 1. The predicted molar refractivity (Wildman–Crippen MR) is 142 cm³/mol. The van der Waals surface area contributed by atoms with Crippen molar-refractivity contribution >= 4 is 21.6 Å². The molecule has 2 aliphatic rings. The van der Waals surface area contributed by atoms with Gasteiger partial charge >= 0.3 is 0 Å². The molecule has 2 aromatic rings. The largest absolute Gasteiger partial charge is 0.497 e. The Balaban J connectivity index is 1.71. The molecule has 1 aliphatic heterocycles. The molecular weight excluding hydrogens is 494 g/mol. The molecule has 1 fully saturated rings. The predicted octanol–water partition coefficient (Wildman–Crippen LogP) is 3.06. The smallest absolute Gasteiger partial charge is 0.262 e. The Bertz CT molecular complexity index is 1200. The Morgan fingerprint density at radius 3 is 2.51 bits per heavy atom. The number of nitrogens with one attached hydrogen (secondary N) is 1. The van der Waals surface area contributed by atoms with E-state index in [-0.39, 0.29) is 46.4 Å². The number of hydrogen-bond acceptors (Lipinski definition) is 7. The number of aliphatic hydroxyl groups is 1. The fourth-order valence-electron chi connectivity index (χ4n) is 4.62. The number of carbonyl (C=O) groups excluding carboxylic acids is 1. The van der Waals surface area contributed by atoms with Gasteiger partial charge in [-0.3, -0.25) is 9.52 Å². The maximum absolute atomic E-state index is 13.6. The number of hydrogen-bond donors (Lipinski definition) is 2. The van der Waals surface area contributed by atoms with E-state index >= 15 is 0 Å². The molecule has 4 rings (SSSR count). The van der Waals surface area contributed by atoms with Crippen LogP contribution in [0.5, 0.6) is 11.5 Å². The van der Waals surface area contributed by atoms with Gasteiger partial charge in [0.2, 0.25) is 0 Å². The summed E-state index contributed by atoms with van der Waals surface area (Å²) in [6, 6.07) is 10.5. The van der Waals surface area contributed by atoms with Crippen molar-refractivity contribution in [3.63, 3.8) is 0 Å². The summed E-state index contributed by atoms with van der Waals surface area (Å²) in [7, 11) is -0.394. The molecule has 1 heterocycles. The average molecular weight is 532 g/mol. The molecule has 0 spiro atoms. The molecule has 9 nitrogen and oxygen atoms in total. The molecule has 0 unspecified atom stereocenters. The monoisotopic (exact) mass is 531 g/mol. The summed E-state index contributed by atoms with van der Waals surface area (Å²) >= 11 is 0. The van der Waals surface area contributed by atoms with Gasteiger partial charge in [0.1, 0.15) is 11.9 Å². The third-order valence-electron chi connectivity index (χ3n) is 7.06. The quantitative estimate of drug-likeness (QED) is 0.485. The van der Waals surface area contributed by atoms with Crippen molar-refractivity contribution in [2.24, 2.45) is 11.8 Å². The van der Waals surface area contributed by atoms with Crippen LogP contribution in [-0.4, -0.2) is 81.8 Å². The molecule has 10 heteroatoms. The van der Waals surface area contributed by atoms with Crippen molar-refractivity contribution in [1.29, 1.82) is 0 Å². The molecule has 0 radical (unpaired) electrons. The molecule has 0 aromatic heterocycles. The highest BCUT2D eigenvalue weighted by Gasteiger charge is 2.35. The Hall–Kier alpha value is -2.82. The fraction of sp³-hybridized carbons (Fsp3) is 0.519. The number of carbonyl (C=O) groups is 1. The van der Waals surface area contributed by atoms with E-state index in [4.69, 9.17) is 9.47 Å². The number of methoxy groups -OCH3 is 1. The molecule has 0 bridgehead atoms. The molecule has 37 heavy (non-hydrogen) atoms. The summed E-state index contributed by atoms with van der Waals surface area (Å²) in [4.78, 5) is 17.6. The Kier molecular flexibility index (Phi) is 8.30. The second-order valence-electron chi connectivity index (χ2n) is 10.3. The number of rotatable bonds is 10. The molecule has 1 saturated carbocycles. The number of aliphatic hydroxyl groups excluding tert-OH is 1. The van der Waals surface area contributed by atoms with E-state index < -0.39 is 16.1 Å². The second-order valence-corrected chi connectivity index (χ2v) is 11.9. The van der Waals surface area contributed by atoms with Crippen LogP contribution in [0.15, 0.2) is 47.4 Å². The first-order chi connectivity index (χ1) is 17.6. The van der Waals surface area contributed by atoms with Crippen LogP contribution >= 0.6 is 0 Å². The lowest BCUT2D eigenvalue weighted by Crippen LogP contribution is -2.50. The van der Waals surface area contributed by atoms with E-state index in [1.165, 1.54) is 32.1 Å². The van der Waals surface area contributed by atoms with Crippen molar-refractivity contribution in [2.75, 3.05) is 45.1 Å². The van der Waals surface area contributed by atoms with Gasteiger partial charge in [0.15, 0.2) is 5.75 Å². The molecule has 202 valence electrons. The minimum absolute atomic E-state index is 0.0565. The minimum atomic E-state index is -3.97. The average Bonchev–Trinajstić information content (AvgIpc) is 3.69. The van der Waals surface area contributed by atoms with Gasteiger partial charge in [-0.2, -0.15) is 0 Å². The van der Waals surface area contributed by atoms with Crippen LogP contribution in [0.2, 0.25) is 0 Å². The lowest BCUT2D eigenvalue weighted by Gasteiger charge is -2.38. The normalized spacial score (nSPS) is 21.0. The van der Waals surface area contributed by atoms with Crippen LogP contribution in [0.1, 0.15) is 37.0 Å². The Labute approximate surface area is 219 Å². The highest BCUT2D eigenvalue weighted by molar-refractivity contribution is 7.92. The number of benzene rings is 2. The zero-order valence-electron chi connectivity index (χ0n) is 21.9.